The van der Waals surface area contributed by atoms with E-state index < -0.39 is 0 Å². The zero-order chi connectivity index (χ0) is 19.5. The van der Waals surface area contributed by atoms with Crippen molar-refractivity contribution in [1.29, 1.82) is 0 Å². The Morgan fingerprint density at radius 1 is 1.21 bits per heavy atom. The van der Waals surface area contributed by atoms with Gasteiger partial charge in [-0.1, -0.05) is 35.2 Å². The van der Waals surface area contributed by atoms with Gasteiger partial charge in [0.25, 0.3) is 5.56 Å². The highest BCUT2D eigenvalue weighted by atomic mass is 32.2. The second kappa shape index (κ2) is 7.99. The Morgan fingerprint density at radius 3 is 2.96 bits per heavy atom. The minimum atomic E-state index is -0.0815. The van der Waals surface area contributed by atoms with E-state index in [2.05, 4.69) is 20.5 Å². The summed E-state index contributed by atoms with van der Waals surface area (Å²) in [6.07, 6.45) is 1.73. The third-order valence-corrected chi connectivity index (χ3v) is 6.02. The Balaban J connectivity index is 1.47. The largest absolute Gasteiger partial charge is 0.497 e. The molecule has 3 heterocycles. The van der Waals surface area contributed by atoms with Crippen LogP contribution in [0.2, 0.25) is 0 Å². The zero-order valence-electron chi connectivity index (χ0n) is 15.2. The van der Waals surface area contributed by atoms with E-state index in [-0.39, 0.29) is 5.56 Å². The number of anilines is 2. The summed E-state index contributed by atoms with van der Waals surface area (Å²) in [7, 11) is 1.63. The summed E-state index contributed by atoms with van der Waals surface area (Å²) in [5, 5.41) is 12.3. The van der Waals surface area contributed by atoms with Crippen molar-refractivity contribution in [3.05, 3.63) is 70.3 Å². The summed E-state index contributed by atoms with van der Waals surface area (Å²) in [4.78, 5) is 16.9. The van der Waals surface area contributed by atoms with Crippen LogP contribution in [0.15, 0.2) is 57.8 Å². The molecule has 0 radical (unpaired) electrons. The average molecular weight is 412 g/mol. The third kappa shape index (κ3) is 4.00. The van der Waals surface area contributed by atoms with Crippen LogP contribution in [0.5, 0.6) is 5.75 Å². The smallest absolute Gasteiger partial charge is 0.258 e. The van der Waals surface area contributed by atoms with Crippen LogP contribution < -0.4 is 15.6 Å². The van der Waals surface area contributed by atoms with Crippen molar-refractivity contribution in [3.8, 4) is 5.75 Å². The van der Waals surface area contributed by atoms with Gasteiger partial charge >= 0.3 is 0 Å². The molecular weight excluding hydrogens is 394 g/mol. The molecular formula is C19H17N5O2S2. The molecule has 1 N–H and O–H groups in total. The number of aryl methyl sites for hydroxylation is 1. The Bertz CT molecular complexity index is 1190. The number of nitrogens with zero attached hydrogens (tertiary/aromatic N) is 4. The van der Waals surface area contributed by atoms with Crippen LogP contribution in [0.25, 0.3) is 5.65 Å². The molecule has 4 aromatic rings. The number of aromatic nitrogens is 4. The van der Waals surface area contributed by atoms with E-state index >= 15 is 0 Å². The van der Waals surface area contributed by atoms with E-state index in [1.165, 1.54) is 23.1 Å². The number of thioether (sulfide) groups is 1. The molecule has 0 saturated carbocycles. The SMILES string of the molecule is COc1cccc(Nc2nnc(SCc3cc(=O)n4cccc(C)c4n3)s2)c1. The fourth-order valence-electron chi connectivity index (χ4n) is 2.66. The van der Waals surface area contributed by atoms with Gasteiger partial charge in [0.2, 0.25) is 5.13 Å². The molecule has 4 rings (SSSR count). The lowest BCUT2D eigenvalue weighted by atomic mass is 10.3. The maximum atomic E-state index is 12.3. The number of benzene rings is 1. The second-order valence-electron chi connectivity index (χ2n) is 5.99. The molecule has 7 nitrogen and oxygen atoms in total. The number of ether oxygens (including phenoxy) is 1. The van der Waals surface area contributed by atoms with Gasteiger partial charge < -0.3 is 10.1 Å². The summed E-state index contributed by atoms with van der Waals surface area (Å²) in [6.45, 7) is 1.94. The van der Waals surface area contributed by atoms with Crippen molar-refractivity contribution in [3.63, 3.8) is 0 Å². The number of hydrogen-bond acceptors (Lipinski definition) is 8. The lowest BCUT2D eigenvalue weighted by molar-refractivity contribution is 0.415. The van der Waals surface area contributed by atoms with E-state index in [1.807, 2.05) is 43.3 Å². The van der Waals surface area contributed by atoms with Crippen molar-refractivity contribution in [2.75, 3.05) is 12.4 Å². The van der Waals surface area contributed by atoms with Crippen LogP contribution in [0.3, 0.4) is 0 Å². The average Bonchev–Trinajstić information content (AvgIpc) is 3.15. The topological polar surface area (TPSA) is 81.4 Å². The molecule has 142 valence electrons. The van der Waals surface area contributed by atoms with Gasteiger partial charge in [-0.3, -0.25) is 9.20 Å². The summed E-state index contributed by atoms with van der Waals surface area (Å²) < 4.78 is 7.59. The number of rotatable bonds is 6. The molecule has 0 saturated heterocycles. The highest BCUT2D eigenvalue weighted by Gasteiger charge is 2.09. The molecule has 0 bridgehead atoms. The molecule has 3 aromatic heterocycles. The first-order chi connectivity index (χ1) is 13.6. The second-order valence-corrected chi connectivity index (χ2v) is 8.19. The fourth-order valence-corrected chi connectivity index (χ4v) is 4.33. The molecule has 0 aliphatic rings. The fraction of sp³-hybridized carbons (Fsp3) is 0.158. The molecule has 0 aliphatic heterocycles. The van der Waals surface area contributed by atoms with Gasteiger partial charge in [0.15, 0.2) is 4.34 Å². The summed E-state index contributed by atoms with van der Waals surface area (Å²) in [5.41, 5.74) is 3.17. The van der Waals surface area contributed by atoms with Gasteiger partial charge in [-0.15, -0.1) is 10.2 Å². The normalized spacial score (nSPS) is 10.9. The minimum absolute atomic E-state index is 0.0815. The molecule has 0 fully saturated rings. The predicted molar refractivity (Wildman–Crippen MR) is 112 cm³/mol. The van der Waals surface area contributed by atoms with Crippen LogP contribution in [0.1, 0.15) is 11.3 Å². The van der Waals surface area contributed by atoms with Crippen LogP contribution in [0.4, 0.5) is 10.8 Å². The van der Waals surface area contributed by atoms with Crippen molar-refractivity contribution in [2.24, 2.45) is 0 Å². The molecule has 9 heteroatoms. The number of fused-ring (bicyclic) bond motifs is 1. The monoisotopic (exact) mass is 411 g/mol. The minimum Gasteiger partial charge on any atom is -0.497 e. The quantitative estimate of drug-likeness (QED) is 0.482. The van der Waals surface area contributed by atoms with E-state index in [9.17, 15) is 4.79 Å². The van der Waals surface area contributed by atoms with Crippen LogP contribution in [0, 0.1) is 6.92 Å². The van der Waals surface area contributed by atoms with E-state index in [0.29, 0.717) is 16.5 Å². The number of methoxy groups -OCH3 is 1. The summed E-state index contributed by atoms with van der Waals surface area (Å²) in [5.74, 6) is 1.32. The van der Waals surface area contributed by atoms with E-state index in [4.69, 9.17) is 4.74 Å². The Hall–Kier alpha value is -2.91. The first-order valence-electron chi connectivity index (χ1n) is 8.47. The van der Waals surface area contributed by atoms with Crippen molar-refractivity contribution < 1.29 is 4.74 Å². The zero-order valence-corrected chi connectivity index (χ0v) is 16.9. The van der Waals surface area contributed by atoms with Gasteiger partial charge in [-0.25, -0.2) is 4.98 Å². The standard InChI is InChI=1S/C19H17N5O2S2/c1-12-5-4-8-24-16(25)10-14(20-17(12)24)11-27-19-23-22-18(28-19)21-13-6-3-7-15(9-13)26-2/h3-10H,11H2,1-2H3,(H,21,22). The number of pyridine rings is 1. The molecule has 0 amide bonds. The first kappa shape index (κ1) is 18.5. The lowest BCUT2D eigenvalue weighted by Crippen LogP contribution is -2.15. The highest BCUT2D eigenvalue weighted by Crippen LogP contribution is 2.30. The molecule has 1 aromatic carbocycles. The molecule has 28 heavy (non-hydrogen) atoms. The summed E-state index contributed by atoms with van der Waals surface area (Å²) >= 11 is 2.95. The molecule has 0 unspecified atom stereocenters. The van der Waals surface area contributed by atoms with Crippen molar-refractivity contribution in [2.45, 2.75) is 17.0 Å². The van der Waals surface area contributed by atoms with Crippen LogP contribution in [-0.4, -0.2) is 26.7 Å². The number of nitrogens with one attached hydrogen (secondary N) is 1. The molecule has 0 aliphatic carbocycles. The summed E-state index contributed by atoms with van der Waals surface area (Å²) in [6, 6.07) is 13.0. The maximum Gasteiger partial charge on any atom is 0.258 e. The van der Waals surface area contributed by atoms with E-state index in [0.717, 1.165) is 27.0 Å². The lowest BCUT2D eigenvalue weighted by Gasteiger charge is -2.05. The van der Waals surface area contributed by atoms with Gasteiger partial charge in [0.1, 0.15) is 11.4 Å². The van der Waals surface area contributed by atoms with Crippen LogP contribution in [-0.2, 0) is 5.75 Å². The molecule has 0 atom stereocenters. The maximum absolute atomic E-state index is 12.3. The third-order valence-electron chi connectivity index (χ3n) is 4.01. The van der Waals surface area contributed by atoms with Gasteiger partial charge in [0.05, 0.1) is 12.8 Å². The first-order valence-corrected chi connectivity index (χ1v) is 10.3. The number of hydrogen-bond donors (Lipinski definition) is 1. The predicted octanol–water partition coefficient (Wildman–Crippen LogP) is 3.90. The van der Waals surface area contributed by atoms with Gasteiger partial charge in [-0.2, -0.15) is 0 Å². The van der Waals surface area contributed by atoms with Gasteiger partial charge in [0, 0.05) is 29.8 Å². The highest BCUT2D eigenvalue weighted by molar-refractivity contribution is 8.00. The molecule has 0 spiro atoms. The Labute approximate surface area is 169 Å². The van der Waals surface area contributed by atoms with Crippen molar-refractivity contribution in [1.82, 2.24) is 19.6 Å². The van der Waals surface area contributed by atoms with Crippen molar-refractivity contribution >= 4 is 39.6 Å². The van der Waals surface area contributed by atoms with Gasteiger partial charge in [-0.05, 0) is 30.7 Å². The van der Waals surface area contributed by atoms with Crippen LogP contribution >= 0.6 is 23.1 Å². The Kier molecular flexibility index (Phi) is 5.27. The van der Waals surface area contributed by atoms with E-state index in [1.54, 1.807) is 23.8 Å². The Morgan fingerprint density at radius 2 is 2.11 bits per heavy atom.